The summed E-state index contributed by atoms with van der Waals surface area (Å²) < 4.78 is 0. The van der Waals surface area contributed by atoms with Crippen LogP contribution in [0.2, 0.25) is 0 Å². The Morgan fingerprint density at radius 1 is 1.44 bits per heavy atom. The third-order valence-corrected chi connectivity index (χ3v) is 3.20. The van der Waals surface area contributed by atoms with Crippen LogP contribution in [-0.4, -0.2) is 36.1 Å². The third-order valence-electron chi connectivity index (χ3n) is 3.20. The molecule has 0 radical (unpaired) electrons. The van der Waals surface area contributed by atoms with Crippen molar-refractivity contribution in [2.75, 3.05) is 25.0 Å². The first kappa shape index (κ1) is 11.3. The highest BCUT2D eigenvalue weighted by Crippen LogP contribution is 2.23. The molecule has 1 unspecified atom stereocenters. The molecule has 1 aromatic rings. The van der Waals surface area contributed by atoms with Gasteiger partial charge in [0.1, 0.15) is 5.82 Å². The maximum absolute atomic E-state index is 4.40. The standard InChI is InChI=1S/C12H20N4/c1-13-6-5-11-4-2-3-9-16(11)12-10-14-7-8-15-12/h7-8,10-11,13H,2-6,9H2,1H3. The molecule has 88 valence electrons. The van der Waals surface area contributed by atoms with Gasteiger partial charge in [0.25, 0.3) is 0 Å². The van der Waals surface area contributed by atoms with E-state index >= 15 is 0 Å². The van der Waals surface area contributed by atoms with Gasteiger partial charge in [-0.05, 0) is 39.3 Å². The number of nitrogens with zero attached hydrogens (tertiary/aromatic N) is 3. The van der Waals surface area contributed by atoms with E-state index in [1.807, 2.05) is 13.2 Å². The van der Waals surface area contributed by atoms with E-state index in [2.05, 4.69) is 20.2 Å². The van der Waals surface area contributed by atoms with E-state index < -0.39 is 0 Å². The maximum atomic E-state index is 4.40. The van der Waals surface area contributed by atoms with E-state index in [0.717, 1.165) is 18.9 Å². The number of rotatable bonds is 4. The number of nitrogens with one attached hydrogen (secondary N) is 1. The summed E-state index contributed by atoms with van der Waals surface area (Å²) in [6, 6.07) is 0.623. The maximum Gasteiger partial charge on any atom is 0.147 e. The SMILES string of the molecule is CNCCC1CCCCN1c1cnccn1. The Bertz CT molecular complexity index is 301. The number of aromatic nitrogens is 2. The number of piperidine rings is 1. The van der Waals surface area contributed by atoms with Crippen LogP contribution < -0.4 is 10.2 Å². The largest absolute Gasteiger partial charge is 0.352 e. The van der Waals surface area contributed by atoms with Gasteiger partial charge in [-0.2, -0.15) is 0 Å². The summed E-state index contributed by atoms with van der Waals surface area (Å²) in [4.78, 5) is 11.0. The smallest absolute Gasteiger partial charge is 0.147 e. The molecular weight excluding hydrogens is 200 g/mol. The van der Waals surface area contributed by atoms with E-state index in [1.165, 1.54) is 25.7 Å². The van der Waals surface area contributed by atoms with Crippen molar-refractivity contribution in [1.82, 2.24) is 15.3 Å². The molecule has 0 aromatic carbocycles. The molecule has 1 atom stereocenters. The molecule has 2 heterocycles. The zero-order valence-corrected chi connectivity index (χ0v) is 9.89. The van der Waals surface area contributed by atoms with Crippen molar-refractivity contribution in [2.24, 2.45) is 0 Å². The van der Waals surface area contributed by atoms with Gasteiger partial charge in [0.2, 0.25) is 0 Å². The van der Waals surface area contributed by atoms with Crippen molar-refractivity contribution in [2.45, 2.75) is 31.7 Å². The van der Waals surface area contributed by atoms with Gasteiger partial charge in [-0.25, -0.2) is 4.98 Å². The Balaban J connectivity index is 2.04. The molecule has 2 rings (SSSR count). The van der Waals surface area contributed by atoms with Gasteiger partial charge in [-0.1, -0.05) is 0 Å². The second-order valence-electron chi connectivity index (χ2n) is 4.30. The lowest BCUT2D eigenvalue weighted by atomic mass is 9.99. The predicted octanol–water partition coefficient (Wildman–Crippen LogP) is 1.44. The summed E-state index contributed by atoms with van der Waals surface area (Å²) in [7, 11) is 2.01. The summed E-state index contributed by atoms with van der Waals surface area (Å²) in [5.41, 5.74) is 0. The van der Waals surface area contributed by atoms with Gasteiger partial charge in [-0.3, -0.25) is 4.98 Å². The molecule has 1 saturated heterocycles. The molecule has 1 aliphatic rings. The highest BCUT2D eigenvalue weighted by molar-refractivity contribution is 5.37. The Kier molecular flexibility index (Phi) is 4.10. The van der Waals surface area contributed by atoms with Crippen molar-refractivity contribution < 1.29 is 0 Å². The van der Waals surface area contributed by atoms with Crippen LogP contribution in [0, 0.1) is 0 Å². The quantitative estimate of drug-likeness (QED) is 0.833. The minimum atomic E-state index is 0.623. The Labute approximate surface area is 97.1 Å². The van der Waals surface area contributed by atoms with Gasteiger partial charge in [0.15, 0.2) is 0 Å². The predicted molar refractivity (Wildman–Crippen MR) is 65.6 cm³/mol. The number of hydrogen-bond donors (Lipinski definition) is 1. The van der Waals surface area contributed by atoms with Crippen LogP contribution in [0.5, 0.6) is 0 Å². The van der Waals surface area contributed by atoms with Gasteiger partial charge < -0.3 is 10.2 Å². The molecule has 0 aliphatic carbocycles. The molecule has 0 saturated carbocycles. The van der Waals surface area contributed by atoms with Crippen molar-refractivity contribution in [3.8, 4) is 0 Å². The fourth-order valence-electron chi connectivity index (χ4n) is 2.35. The lowest BCUT2D eigenvalue weighted by Crippen LogP contribution is -2.41. The first-order valence-electron chi connectivity index (χ1n) is 6.09. The molecular formula is C12H20N4. The van der Waals surface area contributed by atoms with Crippen LogP contribution in [0.1, 0.15) is 25.7 Å². The van der Waals surface area contributed by atoms with Gasteiger partial charge in [-0.15, -0.1) is 0 Å². The fraction of sp³-hybridized carbons (Fsp3) is 0.667. The second kappa shape index (κ2) is 5.80. The first-order valence-corrected chi connectivity index (χ1v) is 6.09. The van der Waals surface area contributed by atoms with Crippen molar-refractivity contribution in [3.63, 3.8) is 0 Å². The molecule has 1 aliphatic heterocycles. The van der Waals surface area contributed by atoms with Crippen LogP contribution in [0.25, 0.3) is 0 Å². The summed E-state index contributed by atoms with van der Waals surface area (Å²) in [6.45, 7) is 2.19. The van der Waals surface area contributed by atoms with Gasteiger partial charge in [0, 0.05) is 25.0 Å². The van der Waals surface area contributed by atoms with E-state index in [9.17, 15) is 0 Å². The average molecular weight is 220 g/mol. The molecule has 1 aromatic heterocycles. The van der Waals surface area contributed by atoms with Crippen molar-refractivity contribution in [3.05, 3.63) is 18.6 Å². The minimum absolute atomic E-state index is 0.623. The van der Waals surface area contributed by atoms with Crippen LogP contribution in [-0.2, 0) is 0 Å². The van der Waals surface area contributed by atoms with Crippen molar-refractivity contribution >= 4 is 5.82 Å². The van der Waals surface area contributed by atoms with Gasteiger partial charge >= 0.3 is 0 Å². The van der Waals surface area contributed by atoms with Gasteiger partial charge in [0.05, 0.1) is 6.20 Å². The highest BCUT2D eigenvalue weighted by atomic mass is 15.2. The van der Waals surface area contributed by atoms with Crippen molar-refractivity contribution in [1.29, 1.82) is 0 Å². The minimum Gasteiger partial charge on any atom is -0.352 e. The second-order valence-corrected chi connectivity index (χ2v) is 4.30. The number of anilines is 1. The molecule has 0 amide bonds. The van der Waals surface area contributed by atoms with Crippen LogP contribution >= 0.6 is 0 Å². The average Bonchev–Trinajstić information content (AvgIpc) is 2.38. The third kappa shape index (κ3) is 2.70. The zero-order valence-electron chi connectivity index (χ0n) is 9.89. The van der Waals surface area contributed by atoms with E-state index in [-0.39, 0.29) is 0 Å². The van der Waals surface area contributed by atoms with Crippen LogP contribution in [0.4, 0.5) is 5.82 Å². The number of hydrogen-bond acceptors (Lipinski definition) is 4. The summed E-state index contributed by atoms with van der Waals surface area (Å²) >= 11 is 0. The normalized spacial score (nSPS) is 21.1. The Morgan fingerprint density at radius 2 is 2.38 bits per heavy atom. The molecule has 4 heteroatoms. The van der Waals surface area contributed by atoms with E-state index in [0.29, 0.717) is 6.04 Å². The molecule has 1 N–H and O–H groups in total. The summed E-state index contributed by atoms with van der Waals surface area (Å²) in [5, 5.41) is 3.22. The molecule has 0 spiro atoms. The molecule has 4 nitrogen and oxygen atoms in total. The van der Waals surface area contributed by atoms with Crippen LogP contribution in [0.3, 0.4) is 0 Å². The van der Waals surface area contributed by atoms with E-state index in [4.69, 9.17) is 0 Å². The van der Waals surface area contributed by atoms with E-state index in [1.54, 1.807) is 12.4 Å². The molecule has 1 fully saturated rings. The molecule has 0 bridgehead atoms. The summed E-state index contributed by atoms with van der Waals surface area (Å²) in [6.07, 6.45) is 10.5. The Hall–Kier alpha value is -1.16. The zero-order chi connectivity index (χ0) is 11.2. The summed E-state index contributed by atoms with van der Waals surface area (Å²) in [5.74, 6) is 1.03. The lowest BCUT2D eigenvalue weighted by Gasteiger charge is -2.36. The topological polar surface area (TPSA) is 41.0 Å². The Morgan fingerprint density at radius 3 is 3.12 bits per heavy atom. The van der Waals surface area contributed by atoms with Crippen LogP contribution in [0.15, 0.2) is 18.6 Å². The molecule has 16 heavy (non-hydrogen) atoms. The lowest BCUT2D eigenvalue weighted by molar-refractivity contribution is 0.430. The first-order chi connectivity index (χ1) is 7.92. The monoisotopic (exact) mass is 220 g/mol. The highest BCUT2D eigenvalue weighted by Gasteiger charge is 2.22. The fourth-order valence-corrected chi connectivity index (χ4v) is 2.35.